The van der Waals surface area contributed by atoms with Gasteiger partial charge in [0.05, 0.1) is 70.0 Å². The van der Waals surface area contributed by atoms with E-state index >= 15 is 0 Å². The Morgan fingerprint density at radius 1 is 0.750 bits per heavy atom. The zero-order valence-electron chi connectivity index (χ0n) is 11.7. The van der Waals surface area contributed by atoms with Crippen molar-refractivity contribution < 1.29 is 14.2 Å². The van der Waals surface area contributed by atoms with Gasteiger partial charge in [0.1, 0.15) is 0 Å². The highest BCUT2D eigenvalue weighted by Gasteiger charge is 2.09. The van der Waals surface area contributed by atoms with Crippen LogP contribution in [0.4, 0.5) is 0 Å². The Morgan fingerprint density at radius 2 is 1.35 bits per heavy atom. The van der Waals surface area contributed by atoms with E-state index in [4.69, 9.17) is 30.0 Å². The summed E-state index contributed by atoms with van der Waals surface area (Å²) in [5.41, 5.74) is 0. The largest absolute Gasteiger partial charge is 0.380 e. The molecule has 0 heterocycles. The van der Waals surface area contributed by atoms with E-state index in [2.05, 4.69) is 0 Å². The van der Waals surface area contributed by atoms with Crippen molar-refractivity contribution in [1.29, 1.82) is 15.8 Å². The van der Waals surface area contributed by atoms with Crippen molar-refractivity contribution in [2.24, 2.45) is 0 Å². The second-order valence-electron chi connectivity index (χ2n) is 4.05. The van der Waals surface area contributed by atoms with Crippen LogP contribution >= 0.6 is 0 Å². The summed E-state index contributed by atoms with van der Waals surface area (Å²) < 4.78 is 16.2. The summed E-state index contributed by atoms with van der Waals surface area (Å²) in [6.45, 7) is 2.24. The van der Waals surface area contributed by atoms with Crippen molar-refractivity contribution in [2.75, 3.05) is 33.0 Å². The Morgan fingerprint density at radius 3 is 2.00 bits per heavy atom. The summed E-state index contributed by atoms with van der Waals surface area (Å²) >= 11 is 0. The maximum absolute atomic E-state index is 8.48. The van der Waals surface area contributed by atoms with Gasteiger partial charge in [0.25, 0.3) is 0 Å². The van der Waals surface area contributed by atoms with Crippen molar-refractivity contribution >= 4 is 0 Å². The minimum absolute atomic E-state index is 0.0818. The molecule has 0 bridgehead atoms. The van der Waals surface area contributed by atoms with Crippen molar-refractivity contribution in [3.05, 3.63) is 0 Å². The highest BCUT2D eigenvalue weighted by Crippen LogP contribution is 2.05. The predicted molar refractivity (Wildman–Crippen MR) is 71.3 cm³/mol. The number of nitrogens with zero attached hydrogens (tertiary/aromatic N) is 3. The predicted octanol–water partition coefficient (Wildman–Crippen LogP) is 1.93. The Labute approximate surface area is 120 Å². The van der Waals surface area contributed by atoms with E-state index in [0.29, 0.717) is 52.3 Å². The molecule has 6 nitrogen and oxygen atoms in total. The van der Waals surface area contributed by atoms with Crippen LogP contribution in [0.15, 0.2) is 0 Å². The standard InChI is InChI=1S/C14H21N3O3/c15-6-2-10-18-9-1-5-14(20-12-4-8-17)13-19-11-3-7-16/h14H,1-5,9-13H2. The summed E-state index contributed by atoms with van der Waals surface area (Å²) in [5, 5.41) is 25.2. The summed E-state index contributed by atoms with van der Waals surface area (Å²) in [7, 11) is 0. The lowest BCUT2D eigenvalue weighted by Gasteiger charge is -2.17. The van der Waals surface area contributed by atoms with Gasteiger partial charge in [0.15, 0.2) is 0 Å². The van der Waals surface area contributed by atoms with Gasteiger partial charge in [-0.2, -0.15) is 15.8 Å². The van der Waals surface area contributed by atoms with Gasteiger partial charge in [-0.25, -0.2) is 0 Å². The van der Waals surface area contributed by atoms with Crippen LogP contribution in [0.25, 0.3) is 0 Å². The van der Waals surface area contributed by atoms with Crippen molar-refractivity contribution in [3.63, 3.8) is 0 Å². The number of rotatable bonds is 13. The molecule has 0 amide bonds. The molecular weight excluding hydrogens is 258 g/mol. The molecule has 0 saturated heterocycles. The maximum Gasteiger partial charge on any atom is 0.0809 e. The van der Waals surface area contributed by atoms with Gasteiger partial charge in [-0.15, -0.1) is 0 Å². The van der Waals surface area contributed by atoms with E-state index in [1.54, 1.807) is 0 Å². The molecule has 0 radical (unpaired) electrons. The fraction of sp³-hybridized carbons (Fsp3) is 0.786. The lowest BCUT2D eigenvalue weighted by atomic mass is 10.2. The summed E-state index contributed by atoms with van der Waals surface area (Å²) in [5.74, 6) is 0. The number of hydrogen-bond donors (Lipinski definition) is 0. The van der Waals surface area contributed by atoms with Crippen LogP contribution in [0.5, 0.6) is 0 Å². The van der Waals surface area contributed by atoms with Crippen molar-refractivity contribution in [3.8, 4) is 18.2 Å². The van der Waals surface area contributed by atoms with Crippen molar-refractivity contribution in [2.45, 2.75) is 38.2 Å². The monoisotopic (exact) mass is 279 g/mol. The van der Waals surface area contributed by atoms with Gasteiger partial charge in [-0.05, 0) is 12.8 Å². The third-order valence-electron chi connectivity index (χ3n) is 2.40. The first-order valence-electron chi connectivity index (χ1n) is 6.73. The minimum atomic E-state index is -0.0818. The summed E-state index contributed by atoms with van der Waals surface area (Å²) in [4.78, 5) is 0. The topological polar surface area (TPSA) is 99.1 Å². The molecule has 110 valence electrons. The fourth-order valence-corrected chi connectivity index (χ4v) is 1.45. The van der Waals surface area contributed by atoms with Crippen LogP contribution < -0.4 is 0 Å². The van der Waals surface area contributed by atoms with E-state index in [9.17, 15) is 0 Å². The normalized spacial score (nSPS) is 11.2. The Kier molecular flexibility index (Phi) is 14.1. The molecular formula is C14H21N3O3. The molecule has 1 atom stereocenters. The molecule has 0 aliphatic carbocycles. The van der Waals surface area contributed by atoms with Gasteiger partial charge in [-0.1, -0.05) is 0 Å². The molecule has 0 aromatic carbocycles. The van der Waals surface area contributed by atoms with Gasteiger partial charge < -0.3 is 14.2 Å². The SMILES string of the molecule is N#CCCOCCCC(COCCC#N)OCCC#N. The fourth-order valence-electron chi connectivity index (χ4n) is 1.45. The molecule has 20 heavy (non-hydrogen) atoms. The average Bonchev–Trinajstić information content (AvgIpc) is 2.46. The minimum Gasteiger partial charge on any atom is -0.380 e. The lowest BCUT2D eigenvalue weighted by Crippen LogP contribution is -2.21. The van der Waals surface area contributed by atoms with E-state index in [0.717, 1.165) is 12.8 Å². The Hall–Kier alpha value is -1.65. The van der Waals surface area contributed by atoms with Crippen LogP contribution in [0.1, 0.15) is 32.1 Å². The third kappa shape index (κ3) is 12.8. The van der Waals surface area contributed by atoms with E-state index in [-0.39, 0.29) is 6.10 Å². The second kappa shape index (κ2) is 15.4. The van der Waals surface area contributed by atoms with Gasteiger partial charge >= 0.3 is 0 Å². The molecule has 0 saturated carbocycles. The highest BCUT2D eigenvalue weighted by atomic mass is 16.5. The van der Waals surface area contributed by atoms with Gasteiger partial charge in [-0.3, -0.25) is 0 Å². The quantitative estimate of drug-likeness (QED) is 0.477. The van der Waals surface area contributed by atoms with E-state index < -0.39 is 0 Å². The highest BCUT2D eigenvalue weighted by molar-refractivity contribution is 4.70. The number of ether oxygens (including phenoxy) is 3. The summed E-state index contributed by atoms with van der Waals surface area (Å²) in [6.07, 6.45) is 2.62. The molecule has 0 fully saturated rings. The molecule has 6 heteroatoms. The third-order valence-corrected chi connectivity index (χ3v) is 2.40. The molecule has 0 aliphatic heterocycles. The zero-order valence-corrected chi connectivity index (χ0v) is 11.7. The first-order chi connectivity index (χ1) is 9.85. The molecule has 0 rings (SSSR count). The van der Waals surface area contributed by atoms with Crippen LogP contribution in [-0.2, 0) is 14.2 Å². The molecule has 0 N–H and O–H groups in total. The molecule has 0 aromatic rings. The first-order valence-corrected chi connectivity index (χ1v) is 6.73. The molecule has 0 aromatic heterocycles. The van der Waals surface area contributed by atoms with E-state index in [1.165, 1.54) is 0 Å². The Bertz CT molecular complexity index is 341. The summed E-state index contributed by atoms with van der Waals surface area (Å²) in [6, 6.07) is 6.05. The van der Waals surface area contributed by atoms with Gasteiger partial charge in [0.2, 0.25) is 0 Å². The second-order valence-corrected chi connectivity index (χ2v) is 4.05. The number of hydrogen-bond acceptors (Lipinski definition) is 6. The van der Waals surface area contributed by atoms with Gasteiger partial charge in [0, 0.05) is 6.61 Å². The van der Waals surface area contributed by atoms with Crippen LogP contribution in [-0.4, -0.2) is 39.1 Å². The van der Waals surface area contributed by atoms with Crippen LogP contribution in [0.3, 0.4) is 0 Å². The van der Waals surface area contributed by atoms with Crippen LogP contribution in [0, 0.1) is 34.0 Å². The first kappa shape index (κ1) is 18.4. The zero-order chi connectivity index (χ0) is 14.9. The smallest absolute Gasteiger partial charge is 0.0809 e. The molecule has 1 unspecified atom stereocenters. The Balaban J connectivity index is 3.72. The van der Waals surface area contributed by atoms with Crippen LogP contribution in [0.2, 0.25) is 0 Å². The lowest BCUT2D eigenvalue weighted by molar-refractivity contribution is -0.0215. The average molecular weight is 279 g/mol. The van der Waals surface area contributed by atoms with E-state index in [1.807, 2.05) is 18.2 Å². The molecule has 0 spiro atoms. The number of nitriles is 3. The van der Waals surface area contributed by atoms with Crippen molar-refractivity contribution in [1.82, 2.24) is 0 Å². The molecule has 0 aliphatic rings. The maximum atomic E-state index is 8.48.